The number of hydrogen-bond acceptors (Lipinski definition) is 4. The lowest BCUT2D eigenvalue weighted by atomic mass is 9.67. The second-order valence-corrected chi connectivity index (χ2v) is 30.2. The van der Waals surface area contributed by atoms with Gasteiger partial charge < -0.3 is 26.5 Å². The maximum atomic E-state index is 7.53. The lowest BCUT2D eigenvalue weighted by molar-refractivity contribution is 0.582. The average Bonchev–Trinajstić information content (AvgIpc) is 1.52. The Labute approximate surface area is 603 Å². The number of hydrogen-bond donors (Lipinski definition) is 0. The van der Waals surface area contributed by atoms with Gasteiger partial charge in [-0.15, -0.1) is 0 Å². The van der Waals surface area contributed by atoms with Crippen LogP contribution in [0.25, 0.3) is 208 Å². The zero-order valence-electron chi connectivity index (χ0n) is 57.2. The predicted molar refractivity (Wildman–Crippen MR) is 435 cm³/mol. The summed E-state index contributed by atoms with van der Waals surface area (Å²) in [4.78, 5) is 0. The number of para-hydroxylation sites is 3. The third-order valence-electron chi connectivity index (χ3n) is 25.1. The van der Waals surface area contributed by atoms with Crippen molar-refractivity contribution in [1.29, 1.82) is 0 Å². The van der Waals surface area contributed by atoms with E-state index in [0.717, 1.165) is 154 Å². The molecule has 0 radical (unpaired) electrons. The summed E-state index contributed by atoms with van der Waals surface area (Å²) in [7, 11) is 0. The van der Waals surface area contributed by atoms with Crippen LogP contribution in [0.1, 0.15) is 45.9 Å². The molecule has 24 aromatic rings. The first-order chi connectivity index (χ1) is 52.4. The Morgan fingerprint density at radius 3 is 1.17 bits per heavy atom. The van der Waals surface area contributed by atoms with Gasteiger partial charge >= 0.3 is 0 Å². The zero-order valence-corrected chi connectivity index (χ0v) is 57.2. The van der Waals surface area contributed by atoms with E-state index in [1.165, 1.54) is 99.4 Å². The van der Waals surface area contributed by atoms with Crippen LogP contribution in [-0.4, -0.2) is 8.80 Å². The molecule has 0 spiro atoms. The van der Waals surface area contributed by atoms with Gasteiger partial charge in [-0.1, -0.05) is 237 Å². The molecule has 2 aliphatic carbocycles. The first-order valence-electron chi connectivity index (χ1n) is 36.8. The Morgan fingerprint density at radius 2 is 0.642 bits per heavy atom. The fourth-order valence-corrected chi connectivity index (χ4v) is 20.7. The number of aromatic nitrogens is 2. The number of rotatable bonds is 6. The molecule has 8 heterocycles. The molecule has 0 fully saturated rings. The van der Waals surface area contributed by atoms with Crippen LogP contribution in [0.3, 0.4) is 0 Å². The quantitative estimate of drug-likeness (QED) is 0.166. The molecular weight excluding hydrogens is 1290 g/mol. The summed E-state index contributed by atoms with van der Waals surface area (Å²) >= 11 is 0. The van der Waals surface area contributed by atoms with Crippen LogP contribution in [0.2, 0.25) is 0 Å². The molecule has 0 saturated heterocycles. The first kappa shape index (κ1) is 55.9. The Balaban J connectivity index is 0.651. The maximum absolute atomic E-state index is 7.53. The fourth-order valence-electron chi connectivity index (χ4n) is 20.7. The standard InChI is InChI=1S/C100H56N2O4/c1-99(80-29-13-9-27-75(80)88-60(28-18-31-82(88)99)57-50-78-69-40-44-72-64-25-11-16-33-85(64)104-96(72)92(69)102-90(78)79(51-57)70-41-45-73-65-26-12-17-34-86(65)105-97(73)93(70)102)53-54-35-37-66-74-46-42-68-77-49-56(55-36-38-62-61-23-8-14-30-81(61)100(83(62)52-55,58-19-4-2-5-20-58)59-21-6-3-7-22-59)48-76-67-39-43-71-63-24-10-15-32-84(63)103-95(71)91(67)101(89(76)77)94(68)98(74)106-87(66)47-54/h2-52H,53H2,1H3. The van der Waals surface area contributed by atoms with E-state index in [2.05, 4.69) is 325 Å². The highest BCUT2D eigenvalue weighted by Gasteiger charge is 2.47. The van der Waals surface area contributed by atoms with Crippen LogP contribution in [0.15, 0.2) is 327 Å². The molecule has 2 aliphatic rings. The van der Waals surface area contributed by atoms with Gasteiger partial charge in [0.2, 0.25) is 0 Å². The lowest BCUT2D eigenvalue weighted by Crippen LogP contribution is -2.28. The summed E-state index contributed by atoms with van der Waals surface area (Å²) in [5.41, 5.74) is 31.3. The maximum Gasteiger partial charge on any atom is 0.160 e. The van der Waals surface area contributed by atoms with E-state index >= 15 is 0 Å². The first-order valence-corrected chi connectivity index (χ1v) is 36.8. The van der Waals surface area contributed by atoms with Crippen molar-refractivity contribution in [3.05, 3.63) is 348 Å². The Hall–Kier alpha value is -13.7. The van der Waals surface area contributed by atoms with Gasteiger partial charge in [0.25, 0.3) is 0 Å². The predicted octanol–water partition coefficient (Wildman–Crippen LogP) is 26.8. The third-order valence-corrected chi connectivity index (χ3v) is 25.1. The van der Waals surface area contributed by atoms with Crippen molar-refractivity contribution in [3.63, 3.8) is 0 Å². The van der Waals surface area contributed by atoms with E-state index in [0.29, 0.717) is 0 Å². The Morgan fingerprint density at radius 1 is 0.245 bits per heavy atom. The van der Waals surface area contributed by atoms with Crippen LogP contribution in [0.5, 0.6) is 0 Å². The van der Waals surface area contributed by atoms with E-state index in [1.54, 1.807) is 0 Å². The molecule has 0 amide bonds. The molecule has 6 heteroatoms. The third kappa shape index (κ3) is 6.77. The van der Waals surface area contributed by atoms with E-state index in [4.69, 9.17) is 17.7 Å². The molecule has 26 rings (SSSR count). The van der Waals surface area contributed by atoms with Crippen molar-refractivity contribution >= 4 is 164 Å². The minimum Gasteiger partial charge on any atom is -0.454 e. The van der Waals surface area contributed by atoms with Gasteiger partial charge in [0.15, 0.2) is 22.3 Å². The van der Waals surface area contributed by atoms with E-state index in [9.17, 15) is 0 Å². The normalized spacial score (nSPS) is 15.0. The van der Waals surface area contributed by atoms with Gasteiger partial charge in [-0.2, -0.15) is 0 Å². The van der Waals surface area contributed by atoms with Crippen molar-refractivity contribution in [2.45, 2.75) is 24.2 Å². The van der Waals surface area contributed by atoms with Gasteiger partial charge in [-0.05, 0) is 169 Å². The van der Waals surface area contributed by atoms with Crippen LogP contribution in [0, 0.1) is 0 Å². The van der Waals surface area contributed by atoms with Gasteiger partial charge in [-0.25, -0.2) is 0 Å². The van der Waals surface area contributed by atoms with E-state index in [-0.39, 0.29) is 0 Å². The monoisotopic (exact) mass is 1350 g/mol. The van der Waals surface area contributed by atoms with Crippen LogP contribution in [-0.2, 0) is 17.3 Å². The minimum absolute atomic E-state index is 0.396. The number of furan rings is 4. The molecule has 1 unspecified atom stereocenters. The molecule has 0 saturated carbocycles. The molecular formula is C100H56N2O4. The molecule has 0 bridgehead atoms. The highest BCUT2D eigenvalue weighted by molar-refractivity contribution is 6.34. The minimum atomic E-state index is -0.537. The summed E-state index contributed by atoms with van der Waals surface area (Å²) in [6.45, 7) is 2.46. The summed E-state index contributed by atoms with van der Waals surface area (Å²) in [6.07, 6.45) is 0.755. The molecule has 0 aliphatic heterocycles. The van der Waals surface area contributed by atoms with Crippen molar-refractivity contribution in [2.75, 3.05) is 0 Å². The number of fused-ring (bicyclic) bond motifs is 34. The molecule has 0 N–H and O–H groups in total. The van der Waals surface area contributed by atoms with Crippen LogP contribution < -0.4 is 0 Å². The summed E-state index contributed by atoms with van der Waals surface area (Å²) in [6, 6.07) is 115. The highest BCUT2D eigenvalue weighted by atomic mass is 16.3. The number of benzene rings is 16. The van der Waals surface area contributed by atoms with Crippen molar-refractivity contribution in [1.82, 2.24) is 8.80 Å². The van der Waals surface area contributed by atoms with E-state index in [1.807, 2.05) is 0 Å². The lowest BCUT2D eigenvalue weighted by Gasteiger charge is -2.34. The molecule has 16 aromatic carbocycles. The SMILES string of the molecule is CC1(Cc2ccc3c(c2)oc2c3ccc3c4cc(-c5ccc6c(c5)C(c5ccccc5)(c5ccccc5)c5ccccc5-6)cc5c6ccc7c8ccccc8oc7c6n(c54)c32)c2ccccc2-c2c(-c3cc4c5ccc6c7ccccc7oc6c5n5c4c(c3)c3ccc4c6ccccc6oc4c35)cccc21. The second kappa shape index (κ2) is 19.5. The topological polar surface area (TPSA) is 61.4 Å². The largest absolute Gasteiger partial charge is 0.454 e. The summed E-state index contributed by atoms with van der Waals surface area (Å²) < 4.78 is 33.4. The smallest absolute Gasteiger partial charge is 0.160 e. The molecule has 6 nitrogen and oxygen atoms in total. The van der Waals surface area contributed by atoms with Crippen LogP contribution in [0.4, 0.5) is 0 Å². The number of nitrogens with zero attached hydrogens (tertiary/aromatic N) is 2. The Bertz CT molecular complexity index is 7870. The van der Waals surface area contributed by atoms with Crippen molar-refractivity contribution in [2.24, 2.45) is 0 Å². The van der Waals surface area contributed by atoms with E-state index < -0.39 is 10.8 Å². The van der Waals surface area contributed by atoms with Gasteiger partial charge in [-0.3, -0.25) is 0 Å². The molecule has 8 aromatic heterocycles. The Kier molecular flexibility index (Phi) is 10.3. The van der Waals surface area contributed by atoms with Gasteiger partial charge in [0, 0.05) is 91.6 Å². The van der Waals surface area contributed by atoms with Gasteiger partial charge in [0.1, 0.15) is 22.3 Å². The second-order valence-electron chi connectivity index (χ2n) is 30.2. The molecule has 106 heavy (non-hydrogen) atoms. The average molecular weight is 1350 g/mol. The van der Waals surface area contributed by atoms with Gasteiger partial charge in [0.05, 0.1) is 38.5 Å². The summed E-state index contributed by atoms with van der Waals surface area (Å²) in [5, 5.41) is 18.1. The van der Waals surface area contributed by atoms with Crippen LogP contribution >= 0.6 is 0 Å². The molecule has 1 atom stereocenters. The van der Waals surface area contributed by atoms with Crippen molar-refractivity contribution in [3.8, 4) is 44.5 Å². The van der Waals surface area contributed by atoms with Crippen molar-refractivity contribution < 1.29 is 17.7 Å². The zero-order chi connectivity index (χ0) is 68.7. The highest BCUT2D eigenvalue weighted by Crippen LogP contribution is 2.59. The molecule has 490 valence electrons. The fraction of sp³-hybridized carbons (Fsp3) is 0.0400. The summed E-state index contributed by atoms with van der Waals surface area (Å²) in [5.74, 6) is 0.